The minimum absolute atomic E-state index is 0.115. The van der Waals surface area contributed by atoms with Gasteiger partial charge in [-0.2, -0.15) is 0 Å². The highest BCUT2D eigenvalue weighted by Crippen LogP contribution is 2.10. The molecule has 5 heteroatoms. The Morgan fingerprint density at radius 2 is 1.94 bits per heavy atom. The number of rotatable bonds is 4. The number of hydrogen-bond donors (Lipinski definition) is 3. The molecule has 92 valence electrons. The van der Waals surface area contributed by atoms with Crippen LogP contribution in [0, 0.1) is 0 Å². The molecule has 0 unspecified atom stereocenters. The molecule has 0 aliphatic carbocycles. The van der Waals surface area contributed by atoms with Crippen LogP contribution >= 0.6 is 12.2 Å². The van der Waals surface area contributed by atoms with Crippen LogP contribution in [0.25, 0.3) is 0 Å². The molecular weight excluding hydrogens is 234 g/mol. The minimum atomic E-state index is -0.206. The normalized spacial score (nSPS) is 10.1. The van der Waals surface area contributed by atoms with Crippen molar-refractivity contribution in [1.29, 1.82) is 0 Å². The molecule has 2 amide bonds. The van der Waals surface area contributed by atoms with Crippen LogP contribution in [0.1, 0.15) is 19.4 Å². The van der Waals surface area contributed by atoms with Gasteiger partial charge in [0.25, 0.3) is 0 Å². The molecule has 0 saturated heterocycles. The van der Waals surface area contributed by atoms with Crippen LogP contribution in [0.15, 0.2) is 24.3 Å². The number of nitrogens with two attached hydrogens (primary N) is 1. The lowest BCUT2D eigenvalue weighted by molar-refractivity contribution is 0.250. The van der Waals surface area contributed by atoms with Gasteiger partial charge in [-0.25, -0.2) is 4.79 Å². The van der Waals surface area contributed by atoms with E-state index in [4.69, 9.17) is 18.0 Å². The quantitative estimate of drug-likeness (QED) is 0.717. The fourth-order valence-electron chi connectivity index (χ4n) is 1.34. The zero-order valence-electron chi connectivity index (χ0n) is 9.99. The third kappa shape index (κ3) is 5.31. The van der Waals surface area contributed by atoms with Crippen molar-refractivity contribution < 1.29 is 4.79 Å². The van der Waals surface area contributed by atoms with E-state index < -0.39 is 0 Å². The molecule has 0 spiro atoms. The summed E-state index contributed by atoms with van der Waals surface area (Å²) in [6.07, 6.45) is 0.577. The van der Waals surface area contributed by atoms with Crippen LogP contribution in [0.3, 0.4) is 0 Å². The first-order valence-corrected chi connectivity index (χ1v) is 5.83. The van der Waals surface area contributed by atoms with Gasteiger partial charge in [0, 0.05) is 18.2 Å². The highest BCUT2D eigenvalue weighted by molar-refractivity contribution is 7.80. The summed E-state index contributed by atoms with van der Waals surface area (Å²) >= 11 is 4.83. The van der Waals surface area contributed by atoms with E-state index in [1.807, 2.05) is 38.1 Å². The van der Waals surface area contributed by atoms with Gasteiger partial charge in [-0.3, -0.25) is 0 Å². The Labute approximate surface area is 107 Å². The predicted octanol–water partition coefficient (Wildman–Crippen LogP) is 2.05. The van der Waals surface area contributed by atoms with E-state index in [0.717, 1.165) is 11.3 Å². The molecule has 0 aliphatic heterocycles. The highest BCUT2D eigenvalue weighted by atomic mass is 32.1. The van der Waals surface area contributed by atoms with Gasteiger partial charge >= 0.3 is 6.03 Å². The SMILES string of the molecule is CC(C)NC(=O)Nc1ccc(CC(N)=S)cc1. The van der Waals surface area contributed by atoms with Crippen molar-refractivity contribution >= 4 is 28.9 Å². The number of amides is 2. The lowest BCUT2D eigenvalue weighted by Gasteiger charge is -2.10. The first-order valence-electron chi connectivity index (χ1n) is 5.42. The maximum atomic E-state index is 11.4. The molecule has 0 saturated carbocycles. The molecule has 0 heterocycles. The van der Waals surface area contributed by atoms with Crippen molar-refractivity contribution in [2.24, 2.45) is 5.73 Å². The largest absolute Gasteiger partial charge is 0.393 e. The summed E-state index contributed by atoms with van der Waals surface area (Å²) in [5.41, 5.74) is 7.23. The molecule has 4 nitrogen and oxygen atoms in total. The Morgan fingerprint density at radius 1 is 1.35 bits per heavy atom. The van der Waals surface area contributed by atoms with E-state index in [1.54, 1.807) is 0 Å². The highest BCUT2D eigenvalue weighted by Gasteiger charge is 2.03. The third-order valence-electron chi connectivity index (χ3n) is 2.01. The van der Waals surface area contributed by atoms with Gasteiger partial charge in [-0.05, 0) is 31.5 Å². The average Bonchev–Trinajstić information content (AvgIpc) is 2.18. The Bertz CT molecular complexity index is 401. The number of anilines is 1. The van der Waals surface area contributed by atoms with E-state index in [0.29, 0.717) is 11.4 Å². The van der Waals surface area contributed by atoms with Gasteiger partial charge < -0.3 is 16.4 Å². The molecule has 1 aromatic rings. The Morgan fingerprint density at radius 3 is 2.41 bits per heavy atom. The fourth-order valence-corrected chi connectivity index (χ4v) is 1.50. The van der Waals surface area contributed by atoms with E-state index in [9.17, 15) is 4.79 Å². The van der Waals surface area contributed by atoms with Gasteiger partial charge in [0.15, 0.2) is 0 Å². The molecular formula is C12H17N3OS. The van der Waals surface area contributed by atoms with Crippen LogP contribution in [-0.4, -0.2) is 17.1 Å². The number of carbonyl (C=O) groups is 1. The van der Waals surface area contributed by atoms with E-state index in [1.165, 1.54) is 0 Å². The molecule has 1 aromatic carbocycles. The summed E-state index contributed by atoms with van der Waals surface area (Å²) < 4.78 is 0. The van der Waals surface area contributed by atoms with E-state index >= 15 is 0 Å². The first kappa shape index (κ1) is 13.4. The summed E-state index contributed by atoms with van der Waals surface area (Å²) in [6, 6.07) is 7.35. The first-order chi connectivity index (χ1) is 7.97. The number of urea groups is 1. The minimum Gasteiger partial charge on any atom is -0.393 e. The Balaban J connectivity index is 2.56. The van der Waals surface area contributed by atoms with Crippen molar-refractivity contribution in [2.75, 3.05) is 5.32 Å². The summed E-state index contributed by atoms with van der Waals surface area (Å²) in [6.45, 7) is 3.82. The van der Waals surface area contributed by atoms with Gasteiger partial charge in [0.1, 0.15) is 0 Å². The topological polar surface area (TPSA) is 67.2 Å². The average molecular weight is 251 g/mol. The van der Waals surface area contributed by atoms with Gasteiger partial charge in [0.2, 0.25) is 0 Å². The van der Waals surface area contributed by atoms with Crippen LogP contribution in [-0.2, 0) is 6.42 Å². The number of hydrogen-bond acceptors (Lipinski definition) is 2. The number of nitrogens with one attached hydrogen (secondary N) is 2. The molecule has 4 N–H and O–H groups in total. The Hall–Kier alpha value is -1.62. The number of thiocarbonyl (C=S) groups is 1. The summed E-state index contributed by atoms with van der Waals surface area (Å²) in [7, 11) is 0. The van der Waals surface area contributed by atoms with Crippen molar-refractivity contribution in [3.05, 3.63) is 29.8 Å². The molecule has 0 aliphatic rings. The maximum Gasteiger partial charge on any atom is 0.319 e. The van der Waals surface area contributed by atoms with Gasteiger partial charge in [-0.1, -0.05) is 24.4 Å². The summed E-state index contributed by atoms with van der Waals surface area (Å²) in [5.74, 6) is 0. The monoisotopic (exact) mass is 251 g/mol. The van der Waals surface area contributed by atoms with E-state index in [2.05, 4.69) is 10.6 Å². The Kier molecular flexibility index (Phi) is 4.90. The zero-order chi connectivity index (χ0) is 12.8. The van der Waals surface area contributed by atoms with Crippen LogP contribution < -0.4 is 16.4 Å². The molecule has 0 aromatic heterocycles. The number of carbonyl (C=O) groups excluding carboxylic acids is 1. The van der Waals surface area contributed by atoms with Crippen molar-refractivity contribution in [1.82, 2.24) is 5.32 Å². The summed E-state index contributed by atoms with van der Waals surface area (Å²) in [4.78, 5) is 11.9. The maximum absolute atomic E-state index is 11.4. The van der Waals surface area contributed by atoms with E-state index in [-0.39, 0.29) is 12.1 Å². The lowest BCUT2D eigenvalue weighted by atomic mass is 10.1. The zero-order valence-corrected chi connectivity index (χ0v) is 10.8. The lowest BCUT2D eigenvalue weighted by Crippen LogP contribution is -2.34. The molecule has 0 atom stereocenters. The predicted molar refractivity (Wildman–Crippen MR) is 74.2 cm³/mol. The number of benzene rings is 1. The molecule has 0 fully saturated rings. The fraction of sp³-hybridized carbons (Fsp3) is 0.333. The third-order valence-corrected chi connectivity index (χ3v) is 2.15. The molecule has 17 heavy (non-hydrogen) atoms. The van der Waals surface area contributed by atoms with Gasteiger partial charge in [0.05, 0.1) is 4.99 Å². The van der Waals surface area contributed by atoms with Gasteiger partial charge in [-0.15, -0.1) is 0 Å². The smallest absolute Gasteiger partial charge is 0.319 e. The second-order valence-corrected chi connectivity index (χ2v) is 4.62. The standard InChI is InChI=1S/C12H17N3OS/c1-8(2)14-12(16)15-10-5-3-9(4-6-10)7-11(13)17/h3-6,8H,7H2,1-2H3,(H2,13,17)(H2,14,15,16). The van der Waals surface area contributed by atoms with Crippen molar-refractivity contribution in [3.63, 3.8) is 0 Å². The van der Waals surface area contributed by atoms with Crippen LogP contribution in [0.5, 0.6) is 0 Å². The second kappa shape index (κ2) is 6.20. The van der Waals surface area contributed by atoms with Crippen LogP contribution in [0.4, 0.5) is 10.5 Å². The van der Waals surface area contributed by atoms with Crippen LogP contribution in [0.2, 0.25) is 0 Å². The van der Waals surface area contributed by atoms with Crippen molar-refractivity contribution in [2.45, 2.75) is 26.3 Å². The molecule has 0 bridgehead atoms. The summed E-state index contributed by atoms with van der Waals surface area (Å²) in [5, 5.41) is 5.49. The molecule has 1 rings (SSSR count). The van der Waals surface area contributed by atoms with Crippen molar-refractivity contribution in [3.8, 4) is 0 Å². The second-order valence-electron chi connectivity index (χ2n) is 4.09. The molecule has 0 radical (unpaired) electrons.